The Bertz CT molecular complexity index is 355. The first kappa shape index (κ1) is 14.3. The van der Waals surface area contributed by atoms with Crippen molar-refractivity contribution < 1.29 is 9.53 Å². The first-order valence-corrected chi connectivity index (χ1v) is 10.6. The van der Waals surface area contributed by atoms with Gasteiger partial charge in [0.15, 0.2) is 0 Å². The van der Waals surface area contributed by atoms with Gasteiger partial charge in [-0.25, -0.2) is 0 Å². The third-order valence-corrected chi connectivity index (χ3v) is 5.34. The van der Waals surface area contributed by atoms with Crippen molar-refractivity contribution in [2.75, 3.05) is 6.61 Å². The summed E-state index contributed by atoms with van der Waals surface area (Å²) in [5, 5.41) is 0. The molecule has 0 fully saturated rings. The molecule has 0 saturated heterocycles. The monoisotopic (exact) mass is 296 g/mol. The van der Waals surface area contributed by atoms with E-state index in [1.165, 1.54) is 4.35 Å². The van der Waals surface area contributed by atoms with Gasteiger partial charge in [-0.15, -0.1) is 0 Å². The van der Waals surface area contributed by atoms with Gasteiger partial charge < -0.3 is 0 Å². The van der Waals surface area contributed by atoms with Crippen LogP contribution in [0, 0.1) is 5.92 Å². The molecule has 0 saturated carbocycles. The molecule has 1 rings (SSSR count). The Kier molecular flexibility index (Phi) is 5.77. The summed E-state index contributed by atoms with van der Waals surface area (Å²) in [5.41, 5.74) is 5.22. The fourth-order valence-corrected chi connectivity index (χ4v) is 2.93. The van der Waals surface area contributed by atoms with E-state index in [0.29, 0.717) is 18.1 Å². The Balaban J connectivity index is 2.52. The number of ether oxygens (including phenoxy) is 1. The summed E-state index contributed by atoms with van der Waals surface area (Å²) < 4.78 is 6.60. The number of hydrogen-bond acceptors (Lipinski definition) is 2. The van der Waals surface area contributed by atoms with Gasteiger partial charge in [0, 0.05) is 0 Å². The standard InChI is InChI=1S/C14H21AsO2/c1-11(2)9-10-17-14(16)12-5-7-13(8-6-12)15(3)4/h5-8,11H,9-10H2,1-4H3. The molecule has 1 aromatic rings. The molecule has 0 radical (unpaired) electrons. The number of carbonyl (C=O) groups is 1. The molecule has 0 amide bonds. The molecule has 1 aromatic carbocycles. The number of benzene rings is 1. The molecule has 0 aliphatic heterocycles. The predicted molar refractivity (Wildman–Crippen MR) is 73.3 cm³/mol. The van der Waals surface area contributed by atoms with Crippen LogP contribution in [0.25, 0.3) is 0 Å². The number of hydrogen-bond donors (Lipinski definition) is 0. The fraction of sp³-hybridized carbons (Fsp3) is 0.500. The molecule has 17 heavy (non-hydrogen) atoms. The fourth-order valence-electron chi connectivity index (χ4n) is 1.37. The van der Waals surface area contributed by atoms with Crippen molar-refractivity contribution in [3.8, 4) is 0 Å². The summed E-state index contributed by atoms with van der Waals surface area (Å²) >= 11 is -0.831. The van der Waals surface area contributed by atoms with Crippen LogP contribution in [0.2, 0.25) is 11.4 Å². The summed E-state index contributed by atoms with van der Waals surface area (Å²) in [6, 6.07) is 7.86. The minimum atomic E-state index is -0.831. The molecule has 0 aliphatic carbocycles. The zero-order valence-corrected chi connectivity index (χ0v) is 12.9. The van der Waals surface area contributed by atoms with Crippen molar-refractivity contribution in [3.05, 3.63) is 29.8 Å². The van der Waals surface area contributed by atoms with Crippen molar-refractivity contribution in [2.24, 2.45) is 5.92 Å². The first-order chi connectivity index (χ1) is 8.00. The van der Waals surface area contributed by atoms with Gasteiger partial charge in [0.1, 0.15) is 0 Å². The Morgan fingerprint density at radius 2 is 1.82 bits per heavy atom. The van der Waals surface area contributed by atoms with Gasteiger partial charge in [-0.2, -0.15) is 0 Å². The van der Waals surface area contributed by atoms with E-state index in [2.05, 4.69) is 37.4 Å². The molecule has 94 valence electrons. The maximum atomic E-state index is 11.7. The number of carbonyl (C=O) groups excluding carboxylic acids is 1. The van der Waals surface area contributed by atoms with Crippen LogP contribution in [-0.4, -0.2) is 27.2 Å². The van der Waals surface area contributed by atoms with E-state index < -0.39 is 14.7 Å². The van der Waals surface area contributed by atoms with Gasteiger partial charge in [0.05, 0.1) is 0 Å². The number of rotatable bonds is 5. The second kappa shape index (κ2) is 6.86. The summed E-state index contributed by atoms with van der Waals surface area (Å²) in [7, 11) is 0. The average molecular weight is 296 g/mol. The van der Waals surface area contributed by atoms with Gasteiger partial charge >= 0.3 is 109 Å². The van der Waals surface area contributed by atoms with E-state index in [1.54, 1.807) is 0 Å². The van der Waals surface area contributed by atoms with Crippen LogP contribution in [-0.2, 0) is 4.74 Å². The quantitative estimate of drug-likeness (QED) is 0.617. The van der Waals surface area contributed by atoms with E-state index >= 15 is 0 Å². The van der Waals surface area contributed by atoms with E-state index in [9.17, 15) is 4.79 Å². The normalized spacial score (nSPS) is 10.9. The van der Waals surface area contributed by atoms with Crippen molar-refractivity contribution >= 4 is 25.0 Å². The van der Waals surface area contributed by atoms with E-state index in [4.69, 9.17) is 4.74 Å². The average Bonchev–Trinajstić information content (AvgIpc) is 2.28. The van der Waals surface area contributed by atoms with Crippen LogP contribution in [0.15, 0.2) is 24.3 Å². The van der Waals surface area contributed by atoms with Gasteiger partial charge in [0.25, 0.3) is 0 Å². The maximum absolute atomic E-state index is 11.7. The third-order valence-electron chi connectivity index (χ3n) is 2.55. The Morgan fingerprint density at radius 3 is 2.29 bits per heavy atom. The molecule has 0 aromatic heterocycles. The molecule has 3 heteroatoms. The van der Waals surface area contributed by atoms with Crippen LogP contribution >= 0.6 is 0 Å². The van der Waals surface area contributed by atoms with Crippen LogP contribution in [0.5, 0.6) is 0 Å². The zero-order valence-electron chi connectivity index (χ0n) is 11.1. The first-order valence-electron chi connectivity index (χ1n) is 5.95. The summed E-state index contributed by atoms with van der Waals surface area (Å²) in [6.07, 6.45) is 0.920. The molecule has 0 heterocycles. The van der Waals surface area contributed by atoms with Gasteiger partial charge in [0.2, 0.25) is 0 Å². The Labute approximate surface area is 109 Å². The summed E-state index contributed by atoms with van der Waals surface area (Å²) in [4.78, 5) is 11.7. The molecule has 0 N–H and O–H groups in total. The molecule has 0 bridgehead atoms. The van der Waals surface area contributed by atoms with Crippen LogP contribution in [0.1, 0.15) is 30.6 Å². The topological polar surface area (TPSA) is 26.3 Å². The van der Waals surface area contributed by atoms with Crippen LogP contribution in [0.3, 0.4) is 0 Å². The van der Waals surface area contributed by atoms with E-state index in [1.807, 2.05) is 12.1 Å². The summed E-state index contributed by atoms with van der Waals surface area (Å²) in [6.45, 7) is 4.75. The van der Waals surface area contributed by atoms with Crippen molar-refractivity contribution in [1.29, 1.82) is 0 Å². The van der Waals surface area contributed by atoms with Gasteiger partial charge in [-0.05, 0) is 0 Å². The van der Waals surface area contributed by atoms with Gasteiger partial charge in [-0.3, -0.25) is 0 Å². The second-order valence-corrected chi connectivity index (χ2v) is 9.60. The molecule has 2 nitrogen and oxygen atoms in total. The predicted octanol–water partition coefficient (Wildman–Crippen LogP) is 2.85. The van der Waals surface area contributed by atoms with Gasteiger partial charge in [-0.1, -0.05) is 0 Å². The minimum absolute atomic E-state index is 0.205. The van der Waals surface area contributed by atoms with Crippen molar-refractivity contribution in [2.45, 2.75) is 31.7 Å². The molecule has 0 spiro atoms. The number of esters is 1. The van der Waals surface area contributed by atoms with Crippen molar-refractivity contribution in [1.82, 2.24) is 0 Å². The van der Waals surface area contributed by atoms with E-state index in [0.717, 1.165) is 6.42 Å². The molecule has 0 unspecified atom stereocenters. The SMILES string of the molecule is CC(C)CCOC(=O)c1ccc([As](C)C)cc1. The Morgan fingerprint density at radius 1 is 1.24 bits per heavy atom. The summed E-state index contributed by atoms with van der Waals surface area (Å²) in [5.74, 6) is 0.362. The van der Waals surface area contributed by atoms with Crippen molar-refractivity contribution in [3.63, 3.8) is 0 Å². The van der Waals surface area contributed by atoms with Crippen LogP contribution < -0.4 is 4.35 Å². The molecular weight excluding hydrogens is 275 g/mol. The molecular formula is C14H21AsO2. The molecule has 0 atom stereocenters. The molecule has 0 aliphatic rings. The van der Waals surface area contributed by atoms with E-state index in [-0.39, 0.29) is 5.97 Å². The Hall–Kier alpha value is -0.752. The third kappa shape index (κ3) is 4.95. The van der Waals surface area contributed by atoms with Crippen LogP contribution in [0.4, 0.5) is 0 Å². The zero-order chi connectivity index (χ0) is 12.8. The second-order valence-electron chi connectivity index (χ2n) is 4.76.